The molecule has 0 spiro atoms. The predicted molar refractivity (Wildman–Crippen MR) is 53.8 cm³/mol. The van der Waals surface area contributed by atoms with E-state index in [2.05, 4.69) is 4.74 Å². The van der Waals surface area contributed by atoms with Crippen LogP contribution >= 0.6 is 11.6 Å². The first kappa shape index (κ1) is 14.7. The fourth-order valence-electron chi connectivity index (χ4n) is 1.21. The summed E-state index contributed by atoms with van der Waals surface area (Å²) in [4.78, 5) is 10.2. The molecular formula is C10H7ClF4O3. The highest BCUT2D eigenvalue weighted by molar-refractivity contribution is 6.30. The van der Waals surface area contributed by atoms with Gasteiger partial charge in [0.1, 0.15) is 12.4 Å². The quantitative estimate of drug-likeness (QED) is 0.865. The lowest BCUT2D eigenvalue weighted by Crippen LogP contribution is -2.26. The van der Waals surface area contributed by atoms with Crippen molar-refractivity contribution in [2.45, 2.75) is 12.3 Å². The number of benzene rings is 1. The molecular weight excluding hydrogens is 280 g/mol. The van der Waals surface area contributed by atoms with Crippen LogP contribution in [-0.4, -0.2) is 23.9 Å². The van der Waals surface area contributed by atoms with Crippen molar-refractivity contribution in [2.75, 3.05) is 6.61 Å². The summed E-state index contributed by atoms with van der Waals surface area (Å²) in [5.74, 6) is -2.42. The van der Waals surface area contributed by atoms with Crippen molar-refractivity contribution < 1.29 is 32.2 Å². The number of carbonyl (C=O) groups is 1. The van der Waals surface area contributed by atoms with Crippen LogP contribution in [0.3, 0.4) is 0 Å². The summed E-state index contributed by atoms with van der Waals surface area (Å²) in [6.07, 6.45) is -7.29. The summed E-state index contributed by atoms with van der Waals surface area (Å²) in [5.41, 5.74) is -0.463. The standard InChI is InChI=1S/C10H7ClF4O3/c11-6-3-5(1-2-7(6)12)9(10(13,14)15)18-4-8(16)17/h1-3,9H,4H2,(H,16,17). The predicted octanol–water partition coefficient (Wildman–Crippen LogP) is 3.18. The van der Waals surface area contributed by atoms with Gasteiger partial charge >= 0.3 is 12.1 Å². The van der Waals surface area contributed by atoms with E-state index in [0.717, 1.165) is 18.2 Å². The second-order valence-electron chi connectivity index (χ2n) is 3.30. The normalized spacial score (nSPS) is 13.4. The van der Waals surface area contributed by atoms with Crippen LogP contribution in [0.1, 0.15) is 11.7 Å². The van der Waals surface area contributed by atoms with Crippen molar-refractivity contribution in [3.05, 3.63) is 34.6 Å². The van der Waals surface area contributed by atoms with Crippen LogP contribution in [0.2, 0.25) is 5.02 Å². The Bertz CT molecular complexity index is 447. The van der Waals surface area contributed by atoms with Crippen molar-refractivity contribution in [1.29, 1.82) is 0 Å². The SMILES string of the molecule is O=C(O)COC(c1ccc(F)c(Cl)c1)C(F)(F)F. The molecule has 0 amide bonds. The minimum absolute atomic E-state index is 0.463. The Morgan fingerprint density at radius 1 is 1.44 bits per heavy atom. The average Bonchev–Trinajstić information content (AvgIpc) is 2.21. The summed E-state index contributed by atoms with van der Waals surface area (Å²) >= 11 is 5.36. The van der Waals surface area contributed by atoms with Gasteiger partial charge in [-0.3, -0.25) is 0 Å². The monoisotopic (exact) mass is 286 g/mol. The second kappa shape index (κ2) is 5.53. The highest BCUT2D eigenvalue weighted by Gasteiger charge is 2.42. The van der Waals surface area contributed by atoms with Gasteiger partial charge in [0.25, 0.3) is 0 Å². The van der Waals surface area contributed by atoms with Crippen LogP contribution < -0.4 is 0 Å². The maximum atomic E-state index is 12.8. The number of halogens is 5. The summed E-state index contributed by atoms with van der Waals surface area (Å²) < 4.78 is 55.0. The van der Waals surface area contributed by atoms with Gasteiger partial charge in [-0.15, -0.1) is 0 Å². The topological polar surface area (TPSA) is 46.5 Å². The van der Waals surface area contributed by atoms with Crippen LogP contribution in [-0.2, 0) is 9.53 Å². The first-order valence-corrected chi connectivity index (χ1v) is 4.94. The number of carboxylic acid groups (broad SMARTS) is 1. The van der Waals surface area contributed by atoms with Crippen molar-refractivity contribution >= 4 is 17.6 Å². The molecule has 8 heteroatoms. The third-order valence-corrected chi connectivity index (χ3v) is 2.21. The van der Waals surface area contributed by atoms with Crippen LogP contribution in [0, 0.1) is 5.82 Å². The molecule has 0 heterocycles. The lowest BCUT2D eigenvalue weighted by atomic mass is 10.1. The fraction of sp³-hybridized carbons (Fsp3) is 0.300. The molecule has 1 rings (SSSR count). The summed E-state index contributed by atoms with van der Waals surface area (Å²) in [5, 5.41) is 7.80. The molecule has 0 saturated carbocycles. The van der Waals surface area contributed by atoms with E-state index in [9.17, 15) is 22.4 Å². The van der Waals surface area contributed by atoms with Gasteiger partial charge in [-0.05, 0) is 17.7 Å². The lowest BCUT2D eigenvalue weighted by molar-refractivity contribution is -0.225. The van der Waals surface area contributed by atoms with Gasteiger partial charge in [-0.25, -0.2) is 9.18 Å². The molecule has 0 aromatic heterocycles. The maximum Gasteiger partial charge on any atom is 0.418 e. The minimum Gasteiger partial charge on any atom is -0.480 e. The minimum atomic E-state index is -4.82. The van der Waals surface area contributed by atoms with Crippen LogP contribution in [0.5, 0.6) is 0 Å². The molecule has 100 valence electrons. The van der Waals surface area contributed by atoms with Gasteiger partial charge in [0.15, 0.2) is 6.10 Å². The van der Waals surface area contributed by atoms with Crippen LogP contribution in [0.15, 0.2) is 18.2 Å². The Morgan fingerprint density at radius 2 is 2.06 bits per heavy atom. The number of hydrogen-bond donors (Lipinski definition) is 1. The Kier molecular flexibility index (Phi) is 4.53. The summed E-state index contributed by atoms with van der Waals surface area (Å²) in [6.45, 7) is -1.13. The smallest absolute Gasteiger partial charge is 0.418 e. The second-order valence-corrected chi connectivity index (χ2v) is 3.71. The van der Waals surface area contributed by atoms with E-state index in [0.29, 0.717) is 0 Å². The third-order valence-electron chi connectivity index (χ3n) is 1.92. The van der Waals surface area contributed by atoms with Crippen LogP contribution in [0.4, 0.5) is 17.6 Å². The first-order chi connectivity index (χ1) is 8.21. The van der Waals surface area contributed by atoms with E-state index in [1.165, 1.54) is 0 Å². The average molecular weight is 287 g/mol. The van der Waals surface area contributed by atoms with E-state index in [1.807, 2.05) is 0 Å². The van der Waals surface area contributed by atoms with Crippen LogP contribution in [0.25, 0.3) is 0 Å². The van der Waals surface area contributed by atoms with E-state index < -0.39 is 41.3 Å². The van der Waals surface area contributed by atoms with Gasteiger partial charge < -0.3 is 9.84 Å². The zero-order valence-electron chi connectivity index (χ0n) is 8.67. The Hall–Kier alpha value is -1.34. The van der Waals surface area contributed by atoms with Crippen molar-refractivity contribution in [3.8, 4) is 0 Å². The molecule has 3 nitrogen and oxygen atoms in total. The Balaban J connectivity index is 3.02. The van der Waals surface area contributed by atoms with E-state index in [1.54, 1.807) is 0 Å². The van der Waals surface area contributed by atoms with Crippen molar-refractivity contribution in [1.82, 2.24) is 0 Å². The largest absolute Gasteiger partial charge is 0.480 e. The zero-order valence-corrected chi connectivity index (χ0v) is 9.43. The van der Waals surface area contributed by atoms with E-state index in [-0.39, 0.29) is 0 Å². The van der Waals surface area contributed by atoms with Gasteiger partial charge in [0, 0.05) is 0 Å². The third kappa shape index (κ3) is 3.85. The molecule has 1 aromatic carbocycles. The van der Waals surface area contributed by atoms with Gasteiger partial charge in [-0.1, -0.05) is 17.7 Å². The molecule has 0 saturated heterocycles. The van der Waals surface area contributed by atoms with Gasteiger partial charge in [-0.2, -0.15) is 13.2 Å². The summed E-state index contributed by atoms with van der Waals surface area (Å²) in [6, 6.07) is 2.33. The number of ether oxygens (including phenoxy) is 1. The number of hydrogen-bond acceptors (Lipinski definition) is 2. The lowest BCUT2D eigenvalue weighted by Gasteiger charge is -2.20. The fourth-order valence-corrected chi connectivity index (χ4v) is 1.40. The number of carboxylic acids is 1. The summed E-state index contributed by atoms with van der Waals surface area (Å²) in [7, 11) is 0. The highest BCUT2D eigenvalue weighted by atomic mass is 35.5. The van der Waals surface area contributed by atoms with Gasteiger partial charge in [0.2, 0.25) is 0 Å². The Labute approximate surface area is 104 Å². The molecule has 1 aromatic rings. The number of rotatable bonds is 4. The molecule has 0 aliphatic carbocycles. The maximum absolute atomic E-state index is 12.8. The molecule has 0 aliphatic rings. The van der Waals surface area contributed by atoms with Gasteiger partial charge in [0.05, 0.1) is 5.02 Å². The molecule has 1 N–H and O–H groups in total. The Morgan fingerprint density at radius 3 is 2.50 bits per heavy atom. The molecule has 0 fully saturated rings. The molecule has 0 radical (unpaired) electrons. The molecule has 1 unspecified atom stereocenters. The highest BCUT2D eigenvalue weighted by Crippen LogP contribution is 2.36. The van der Waals surface area contributed by atoms with E-state index >= 15 is 0 Å². The number of alkyl halides is 3. The van der Waals surface area contributed by atoms with Crippen molar-refractivity contribution in [2.24, 2.45) is 0 Å². The molecule has 0 aliphatic heterocycles. The van der Waals surface area contributed by atoms with E-state index in [4.69, 9.17) is 16.7 Å². The molecule has 18 heavy (non-hydrogen) atoms. The first-order valence-electron chi connectivity index (χ1n) is 4.57. The molecule has 1 atom stereocenters. The molecule has 0 bridgehead atoms. The zero-order chi connectivity index (χ0) is 13.9. The van der Waals surface area contributed by atoms with Crippen molar-refractivity contribution in [3.63, 3.8) is 0 Å². The number of aliphatic carboxylic acids is 1.